The average molecular weight is 491 g/mol. The van der Waals surface area contributed by atoms with Crippen LogP contribution in [-0.2, 0) is 0 Å². The van der Waals surface area contributed by atoms with Gasteiger partial charge in [0.1, 0.15) is 5.82 Å². The largest absolute Gasteiger partial charge is 0.319 e. The Balaban J connectivity index is 1.48. The summed E-state index contributed by atoms with van der Waals surface area (Å²) in [5.74, 6) is -6.88. The van der Waals surface area contributed by atoms with Crippen LogP contribution in [0.3, 0.4) is 0 Å². The SMILES string of the molecule is O=C(Nc1ccc(F)c(C(=O)c2ccc3ncc(-c4cn[nH]c4)nc3c2)c1F)c1ccc(F)c(F)c1. The Kier molecular flexibility index (Phi) is 5.72. The summed E-state index contributed by atoms with van der Waals surface area (Å²) in [7, 11) is 0. The van der Waals surface area contributed by atoms with Gasteiger partial charge in [0.05, 0.1) is 40.4 Å². The molecule has 0 radical (unpaired) electrons. The number of anilines is 1. The van der Waals surface area contributed by atoms with Crippen LogP contribution in [0.4, 0.5) is 23.2 Å². The van der Waals surface area contributed by atoms with Crippen molar-refractivity contribution in [1.82, 2.24) is 20.2 Å². The number of carbonyl (C=O) groups is 2. The second kappa shape index (κ2) is 9.02. The number of H-pyrrole nitrogens is 1. The highest BCUT2D eigenvalue weighted by molar-refractivity contribution is 6.12. The quantitative estimate of drug-likeness (QED) is 0.264. The van der Waals surface area contributed by atoms with Gasteiger partial charge < -0.3 is 5.32 Å². The molecule has 0 bridgehead atoms. The summed E-state index contributed by atoms with van der Waals surface area (Å²) in [5.41, 5.74) is 0.0991. The smallest absolute Gasteiger partial charge is 0.255 e. The third-order valence-corrected chi connectivity index (χ3v) is 5.35. The van der Waals surface area contributed by atoms with Crippen LogP contribution in [0.1, 0.15) is 26.3 Å². The number of rotatable bonds is 5. The Labute approximate surface area is 199 Å². The lowest BCUT2D eigenvalue weighted by Gasteiger charge is -2.11. The molecule has 5 aromatic rings. The fourth-order valence-electron chi connectivity index (χ4n) is 3.52. The van der Waals surface area contributed by atoms with Crippen LogP contribution >= 0.6 is 0 Å². The van der Waals surface area contributed by atoms with Crippen molar-refractivity contribution >= 4 is 28.4 Å². The van der Waals surface area contributed by atoms with E-state index in [2.05, 4.69) is 25.5 Å². The molecule has 0 spiro atoms. The molecule has 7 nitrogen and oxygen atoms in total. The molecule has 1 amide bonds. The van der Waals surface area contributed by atoms with E-state index in [1.165, 1.54) is 30.6 Å². The van der Waals surface area contributed by atoms with E-state index in [9.17, 15) is 22.8 Å². The summed E-state index contributed by atoms with van der Waals surface area (Å²) >= 11 is 0. The van der Waals surface area contributed by atoms with E-state index in [4.69, 9.17) is 0 Å². The molecule has 0 aliphatic heterocycles. The van der Waals surface area contributed by atoms with E-state index in [0.29, 0.717) is 28.4 Å². The maximum Gasteiger partial charge on any atom is 0.255 e. The van der Waals surface area contributed by atoms with E-state index in [1.54, 1.807) is 6.20 Å². The number of ketones is 1. The highest BCUT2D eigenvalue weighted by Crippen LogP contribution is 2.26. The molecule has 11 heteroatoms. The molecule has 0 saturated carbocycles. The van der Waals surface area contributed by atoms with Gasteiger partial charge in [-0.1, -0.05) is 0 Å². The first kappa shape index (κ1) is 22.8. The molecule has 2 N–H and O–H groups in total. The second-order valence-corrected chi connectivity index (χ2v) is 7.64. The lowest BCUT2D eigenvalue weighted by molar-refractivity contribution is 0.101. The number of nitrogens with zero attached hydrogens (tertiary/aromatic N) is 3. The van der Waals surface area contributed by atoms with Crippen LogP contribution in [0.25, 0.3) is 22.3 Å². The van der Waals surface area contributed by atoms with Gasteiger partial charge in [0.2, 0.25) is 0 Å². The molecule has 2 aromatic heterocycles. The molecule has 0 fully saturated rings. The number of amides is 1. The Morgan fingerprint density at radius 2 is 1.58 bits per heavy atom. The zero-order valence-corrected chi connectivity index (χ0v) is 18.0. The average Bonchev–Trinajstić information content (AvgIpc) is 3.42. The minimum Gasteiger partial charge on any atom is -0.319 e. The molecular formula is C25H13F4N5O2. The summed E-state index contributed by atoms with van der Waals surface area (Å²) in [5, 5.41) is 8.64. The van der Waals surface area contributed by atoms with Gasteiger partial charge in [-0.25, -0.2) is 22.5 Å². The van der Waals surface area contributed by atoms with Gasteiger partial charge in [-0.05, 0) is 48.5 Å². The maximum atomic E-state index is 15.2. The zero-order valence-electron chi connectivity index (χ0n) is 18.0. The van der Waals surface area contributed by atoms with Gasteiger partial charge >= 0.3 is 0 Å². The zero-order chi connectivity index (χ0) is 25.4. The van der Waals surface area contributed by atoms with Crippen LogP contribution in [-0.4, -0.2) is 31.9 Å². The normalized spacial score (nSPS) is 11.0. The molecule has 5 rings (SSSR count). The van der Waals surface area contributed by atoms with Gasteiger partial charge in [-0.15, -0.1) is 0 Å². The van der Waals surface area contributed by atoms with Crippen molar-refractivity contribution in [1.29, 1.82) is 0 Å². The molecule has 0 atom stereocenters. The lowest BCUT2D eigenvalue weighted by atomic mass is 10.0. The Hall–Kier alpha value is -4.93. The number of carbonyl (C=O) groups excluding carboxylic acids is 2. The number of nitrogens with one attached hydrogen (secondary N) is 2. The van der Waals surface area contributed by atoms with E-state index in [-0.39, 0.29) is 11.1 Å². The van der Waals surface area contributed by atoms with Crippen molar-refractivity contribution in [3.05, 3.63) is 107 Å². The highest BCUT2D eigenvalue weighted by atomic mass is 19.2. The minimum absolute atomic E-state index is 0.0666. The lowest BCUT2D eigenvalue weighted by Crippen LogP contribution is -2.16. The Bertz CT molecular complexity index is 1650. The maximum absolute atomic E-state index is 15.2. The summed E-state index contributed by atoms with van der Waals surface area (Å²) in [6.45, 7) is 0. The second-order valence-electron chi connectivity index (χ2n) is 7.64. The van der Waals surface area contributed by atoms with Crippen molar-refractivity contribution < 1.29 is 27.2 Å². The molecule has 36 heavy (non-hydrogen) atoms. The van der Waals surface area contributed by atoms with Crippen LogP contribution in [0.2, 0.25) is 0 Å². The number of aromatic amines is 1. The number of halogens is 4. The molecule has 2 heterocycles. The van der Waals surface area contributed by atoms with Gasteiger partial charge in [0, 0.05) is 22.9 Å². The first-order chi connectivity index (χ1) is 17.3. The summed E-state index contributed by atoms with van der Waals surface area (Å²) in [6.07, 6.45) is 4.67. The van der Waals surface area contributed by atoms with Crippen molar-refractivity contribution in [2.24, 2.45) is 0 Å². The van der Waals surface area contributed by atoms with Gasteiger partial charge in [-0.3, -0.25) is 19.7 Å². The predicted molar refractivity (Wildman–Crippen MR) is 121 cm³/mol. The highest BCUT2D eigenvalue weighted by Gasteiger charge is 2.24. The first-order valence-corrected chi connectivity index (χ1v) is 10.4. The van der Waals surface area contributed by atoms with Crippen molar-refractivity contribution in [3.8, 4) is 11.3 Å². The summed E-state index contributed by atoms with van der Waals surface area (Å²) < 4.78 is 56.4. The van der Waals surface area contributed by atoms with Gasteiger partial charge in [0.25, 0.3) is 5.91 Å². The third-order valence-electron chi connectivity index (χ3n) is 5.35. The van der Waals surface area contributed by atoms with E-state index in [0.717, 1.165) is 24.3 Å². The molecule has 3 aromatic carbocycles. The van der Waals surface area contributed by atoms with Gasteiger partial charge in [0.15, 0.2) is 23.2 Å². The van der Waals surface area contributed by atoms with E-state index < -0.39 is 46.2 Å². The summed E-state index contributed by atoms with van der Waals surface area (Å²) in [4.78, 5) is 34.2. The molecular weight excluding hydrogens is 478 g/mol. The Morgan fingerprint density at radius 1 is 0.806 bits per heavy atom. The fraction of sp³-hybridized carbons (Fsp3) is 0. The van der Waals surface area contributed by atoms with Crippen molar-refractivity contribution in [2.75, 3.05) is 5.32 Å². The van der Waals surface area contributed by atoms with E-state index in [1.807, 2.05) is 0 Å². The van der Waals surface area contributed by atoms with Crippen molar-refractivity contribution in [3.63, 3.8) is 0 Å². The van der Waals surface area contributed by atoms with Crippen molar-refractivity contribution in [2.45, 2.75) is 0 Å². The number of hydrogen-bond acceptors (Lipinski definition) is 5. The molecule has 0 aliphatic rings. The molecule has 178 valence electrons. The van der Waals surface area contributed by atoms with Crippen LogP contribution in [0, 0.1) is 23.3 Å². The van der Waals surface area contributed by atoms with Crippen LogP contribution in [0.5, 0.6) is 0 Å². The molecule has 0 saturated heterocycles. The van der Waals surface area contributed by atoms with E-state index >= 15 is 4.39 Å². The van der Waals surface area contributed by atoms with Gasteiger partial charge in [-0.2, -0.15) is 5.10 Å². The fourth-order valence-corrected chi connectivity index (χ4v) is 3.52. The van der Waals surface area contributed by atoms with Crippen LogP contribution < -0.4 is 5.32 Å². The number of hydrogen-bond donors (Lipinski definition) is 2. The standard InChI is InChI=1S/C25H13F4N5O2/c26-15-3-1-13(7-17(15)28)25(36)34-19-6-4-16(27)22(23(19)29)24(35)12-2-5-18-20(8-12)33-21(11-30-18)14-9-31-32-10-14/h1-11H,(H,31,32)(H,34,36). The molecule has 0 aliphatic carbocycles. The summed E-state index contributed by atoms with van der Waals surface area (Å²) in [6, 6.07) is 8.28. The number of aromatic nitrogens is 4. The third kappa shape index (κ3) is 4.17. The number of fused-ring (bicyclic) bond motifs is 1. The van der Waals surface area contributed by atoms with Crippen LogP contribution in [0.15, 0.2) is 67.1 Å². The monoisotopic (exact) mass is 491 g/mol. The minimum atomic E-state index is -1.32. The topological polar surface area (TPSA) is 101 Å². The Morgan fingerprint density at radius 3 is 2.33 bits per heavy atom. The first-order valence-electron chi connectivity index (χ1n) is 10.4. The number of benzene rings is 3. The molecule has 0 unspecified atom stereocenters. The predicted octanol–water partition coefficient (Wildman–Crippen LogP) is 5.06.